The molecule has 3 aromatic heterocycles. The first kappa shape index (κ1) is 101. The van der Waals surface area contributed by atoms with Crippen molar-refractivity contribution in [2.75, 3.05) is 60.8 Å². The summed E-state index contributed by atoms with van der Waals surface area (Å²) in [6, 6.07) is 23.2. The van der Waals surface area contributed by atoms with E-state index in [9.17, 15) is 51.8 Å². The van der Waals surface area contributed by atoms with Crippen LogP contribution >= 0.6 is 57.4 Å². The van der Waals surface area contributed by atoms with Crippen LogP contribution in [0, 0.1) is 17.5 Å². The maximum atomic E-state index is 14.3. The molecular weight excluding hydrogens is 1620 g/mol. The van der Waals surface area contributed by atoms with E-state index >= 15 is 0 Å². The number of carbonyl (C=O) groups is 6. The molecule has 0 fully saturated rings. The van der Waals surface area contributed by atoms with Crippen LogP contribution < -0.4 is 105 Å². The van der Waals surface area contributed by atoms with Crippen LogP contribution in [0.15, 0.2) is 147 Å². The number of alkyl halides is 1. The quantitative estimate of drug-likeness (QED) is 0.0179. The molecule has 0 radical (unpaired) electrons. The van der Waals surface area contributed by atoms with Crippen LogP contribution in [0.2, 0.25) is 15.1 Å². The number of carbonyl (C=O) groups excluding carboxylic acids is 6. The Balaban J connectivity index is -0.000000617. The molecule has 9 aromatic rings. The summed E-state index contributed by atoms with van der Waals surface area (Å²) in [5, 5.41) is 9.31. The number of aromatic nitrogens is 6. The van der Waals surface area contributed by atoms with Gasteiger partial charge < -0.3 is 78.1 Å². The molecule has 9 rings (SSSR count). The zero-order valence-electron chi connectivity index (χ0n) is 57.3. The molecule has 0 saturated heterocycles. The van der Waals surface area contributed by atoms with Crippen LogP contribution in [0.5, 0.6) is 34.5 Å². The predicted molar refractivity (Wildman–Crippen MR) is 384 cm³/mol. The van der Waals surface area contributed by atoms with E-state index in [2.05, 4.69) is 19.7 Å². The van der Waals surface area contributed by atoms with Gasteiger partial charge in [0.1, 0.15) is 82.9 Å². The summed E-state index contributed by atoms with van der Waals surface area (Å²) in [6.45, 7) is 3.85. The molecule has 0 saturated carbocycles. The number of hydrogen-bond donors (Lipinski definition) is 1. The minimum Gasteiger partial charge on any atom is -1.00 e. The maximum absolute atomic E-state index is 14.3. The van der Waals surface area contributed by atoms with Crippen LogP contribution in [-0.4, -0.2) is 165 Å². The first-order chi connectivity index (χ1) is 47.0. The molecule has 2 N–H and O–H groups in total. The Hall–Kier alpha value is -6.83. The summed E-state index contributed by atoms with van der Waals surface area (Å²) in [6.07, 6.45) is 14.9. The Kier molecular flexibility index (Phi) is 53.3. The van der Waals surface area contributed by atoms with Gasteiger partial charge in [0.05, 0.1) is 82.1 Å². The van der Waals surface area contributed by atoms with Crippen LogP contribution in [0.25, 0.3) is 0 Å². The van der Waals surface area contributed by atoms with Gasteiger partial charge in [0.25, 0.3) is 11.9 Å². The predicted octanol–water partition coefficient (Wildman–Crippen LogP) is 5.40. The van der Waals surface area contributed by atoms with Crippen molar-refractivity contribution in [1.29, 1.82) is 0 Å². The third-order valence-electron chi connectivity index (χ3n) is 13.1. The van der Waals surface area contributed by atoms with E-state index in [1.54, 1.807) is 99.4 Å². The molecule has 0 aliphatic rings. The van der Waals surface area contributed by atoms with Crippen molar-refractivity contribution >= 4 is 122 Å². The molecule has 104 heavy (non-hydrogen) atoms. The summed E-state index contributed by atoms with van der Waals surface area (Å²) >= 11 is 19.4. The number of methoxy groups -OCH3 is 6. The van der Waals surface area contributed by atoms with Crippen LogP contribution in [0.3, 0.4) is 0 Å². The molecule has 0 spiro atoms. The second-order valence-corrected chi connectivity index (χ2v) is 20.3. The molecule has 0 aliphatic carbocycles. The van der Waals surface area contributed by atoms with Crippen molar-refractivity contribution in [3.05, 3.63) is 230 Å². The number of halogens is 9. The van der Waals surface area contributed by atoms with Gasteiger partial charge in [-0.3, -0.25) is 39.2 Å². The first-order valence-electron chi connectivity index (χ1n) is 29.1. The minimum atomic E-state index is -1.13. The number of esters is 2. The summed E-state index contributed by atoms with van der Waals surface area (Å²) in [7, 11) is 8.67. The van der Waals surface area contributed by atoms with E-state index < -0.39 is 47.6 Å². The van der Waals surface area contributed by atoms with E-state index in [4.69, 9.17) is 69.3 Å². The minimum absolute atomic E-state index is 0. The normalized spacial score (nSPS) is 9.51. The molecule has 0 unspecified atom stereocenters. The number of ketones is 1. The Bertz CT molecular complexity index is 4110. The van der Waals surface area contributed by atoms with Gasteiger partial charge in [-0.25, -0.2) is 37.7 Å². The molecule has 0 amide bonds. The SMILES string of the molecule is C.C.CCOC(=O)CC(=O)c1cc(Cc2cccc(Cl)c2F)c(OC)cc1OC.CCOC(=O)C[C-]=O.COc1cc(OC)c(C(=O)O)cc1Cc1cccc(Cl)c1F.COc1cc(OC)c(C(=O)n2ccnc2)cc1Cc1cccc(Cl)c1F.O=C(n1ccnc1)n1ccnc1.[2H]CI.[Cl-].[Cl-].[K+].[Mg+2].[OH-]. The molecule has 554 valence electrons. The fourth-order valence-electron chi connectivity index (χ4n) is 8.64. The van der Waals surface area contributed by atoms with Gasteiger partial charge in [0.15, 0.2) is 5.78 Å². The van der Waals surface area contributed by atoms with Crippen LogP contribution in [0.4, 0.5) is 18.0 Å². The summed E-state index contributed by atoms with van der Waals surface area (Å²) in [4.78, 5) is 91.1. The molecule has 34 heteroatoms. The van der Waals surface area contributed by atoms with Gasteiger partial charge >= 0.3 is 92.4 Å². The Morgan fingerprint density at radius 2 is 0.846 bits per heavy atom. The number of carboxylic acid groups (broad SMARTS) is 1. The Morgan fingerprint density at radius 3 is 1.16 bits per heavy atom. The number of rotatable bonds is 21. The zero-order chi connectivity index (χ0) is 72.4. The van der Waals surface area contributed by atoms with Crippen LogP contribution in [0.1, 0.15) is 107 Å². The van der Waals surface area contributed by atoms with Crippen molar-refractivity contribution in [2.45, 2.75) is 60.8 Å². The number of carboxylic acids is 1. The third kappa shape index (κ3) is 30.9. The Labute approximate surface area is 702 Å². The second kappa shape index (κ2) is 54.7. The summed E-state index contributed by atoms with van der Waals surface area (Å²) in [5.41, 5.74) is 3.35. The Morgan fingerprint density at radius 1 is 0.529 bits per heavy atom. The molecular formula is C70H75Cl5F3IKMgN6O17-. The van der Waals surface area contributed by atoms with Gasteiger partial charge in [0.2, 0.25) is 0 Å². The molecule has 0 atom stereocenters. The fraction of sp³-hybridized carbons (Fsp3) is 0.257. The molecule has 23 nitrogen and oxygen atoms in total. The van der Waals surface area contributed by atoms with Gasteiger partial charge in [-0.15, -0.1) is 0 Å². The van der Waals surface area contributed by atoms with Gasteiger partial charge in [-0.1, -0.05) is 115 Å². The number of imidazole rings is 3. The summed E-state index contributed by atoms with van der Waals surface area (Å²) in [5.74, 6) is -2.45. The van der Waals surface area contributed by atoms with Crippen LogP contribution in [-0.2, 0) is 43.1 Å². The van der Waals surface area contributed by atoms with Gasteiger partial charge in [0, 0.05) is 76.0 Å². The average Bonchev–Trinajstić information content (AvgIpc) is 1.23. The molecule has 0 aliphatic heterocycles. The molecule has 3 heterocycles. The van der Waals surface area contributed by atoms with Crippen molar-refractivity contribution in [1.82, 2.24) is 28.7 Å². The second-order valence-electron chi connectivity index (χ2n) is 19.1. The molecule has 6 aromatic carbocycles. The number of hydrogen-bond acceptors (Lipinski definition) is 19. The van der Waals surface area contributed by atoms with Crippen molar-refractivity contribution < 1.29 is 173 Å². The monoisotopic (exact) mass is 1690 g/mol. The van der Waals surface area contributed by atoms with E-state index in [1.807, 2.05) is 22.6 Å². The first-order valence-corrected chi connectivity index (χ1v) is 31.0. The zero-order valence-corrected chi connectivity index (χ0v) is 66.8. The van der Waals surface area contributed by atoms with E-state index in [-0.39, 0.29) is 202 Å². The number of nitrogens with zero attached hydrogens (tertiary/aromatic N) is 6. The van der Waals surface area contributed by atoms with Crippen molar-refractivity contribution in [3.8, 4) is 34.5 Å². The number of Topliss-reactive ketones (excluding diaryl/α,β-unsaturated/α-hetero) is 1. The maximum Gasteiger partial charge on any atom is 2.00 e. The smallest absolute Gasteiger partial charge is 1.00 e. The third-order valence-corrected chi connectivity index (χ3v) is 14.0. The number of ether oxygens (including phenoxy) is 8. The van der Waals surface area contributed by atoms with Gasteiger partial charge in [-0.2, -0.15) is 0 Å². The van der Waals surface area contributed by atoms with E-state index in [0.717, 1.165) is 0 Å². The van der Waals surface area contributed by atoms with E-state index in [0.29, 0.717) is 73.5 Å². The largest absolute Gasteiger partial charge is 2.00 e. The summed E-state index contributed by atoms with van der Waals surface area (Å²) < 4.78 is 93.6. The number of benzene rings is 6. The van der Waals surface area contributed by atoms with Crippen molar-refractivity contribution in [3.63, 3.8) is 0 Å². The van der Waals surface area contributed by atoms with E-state index in [1.165, 1.54) is 124 Å². The standard InChI is InChI=1S/C20H20ClFO5.C19H16ClFN2O3.C16H14ClFO4.C7H6N4O.C5H7O3.CH3I.2CH4.2ClH.K.Mg.H2O/c1-4-27-19(24)10-16(23)14-9-13(17(25-2)11-18(14)26-3)8-12-6-5-7-15(21)20(12)22;1-25-16-10-17(26-2)14(19(24)23-7-6-22-11-23)9-13(16)8-12-4-3-5-15(20)18(12)21;1-21-13-8-14(22-2)11(16(19)20)7-10(13)6-9-4-3-5-12(17)15(9)18;12-7(10-3-1-8-5-10)11-4-2-9-6-11;1-2-8-5(7)3-4-6;1-2;;;;;;;/h5-7,9,11H,4,8,10H2,1-3H3;3-7,9-11H,8H2,1-2H3;3-5,7-8H,6H2,1-2H3,(H,19,20);1-6H;2-3H2,1H3;1H3;2*1H4;2*1H;;;1H2/q;;;;-1;;;;;;+1;+2;/p-3/i;;;;;1D;;;;;;;. The fourth-order valence-corrected chi connectivity index (χ4v) is 9.22. The van der Waals surface area contributed by atoms with Gasteiger partial charge in [-0.05, 0) is 88.5 Å². The molecule has 0 bridgehead atoms. The van der Waals surface area contributed by atoms with Crippen molar-refractivity contribution in [2.24, 2.45) is 0 Å². The average molecular weight is 1700 g/mol. The number of aromatic carboxylic acids is 1. The topological polar surface area (TPSA) is 297 Å².